The number of hydrogen-bond acceptors (Lipinski definition) is 8. The van der Waals surface area contributed by atoms with Gasteiger partial charge in [0.1, 0.15) is 26.2 Å². The Labute approximate surface area is 358 Å². The van der Waals surface area contributed by atoms with Gasteiger partial charge < -0.3 is 14.4 Å². The predicted molar refractivity (Wildman–Crippen MR) is 240 cm³/mol. The Bertz CT molecular complexity index is 1400. The van der Waals surface area contributed by atoms with Gasteiger partial charge in [-0.25, -0.2) is 9.13 Å². The molecular weight excluding hydrogens is 764 g/mol. The highest BCUT2D eigenvalue weighted by Gasteiger charge is 2.29. The molecule has 1 aliphatic heterocycles. The number of allylic oxidation sites excluding steroid dienone is 8. The van der Waals surface area contributed by atoms with E-state index in [1.54, 1.807) is 0 Å². The summed E-state index contributed by atoms with van der Waals surface area (Å²) in [5.74, 6) is 0.174. The maximum absolute atomic E-state index is 12.8. The highest BCUT2D eigenvalue weighted by Crippen LogP contribution is 2.43. The molecule has 1 aromatic heterocycles. The van der Waals surface area contributed by atoms with Crippen molar-refractivity contribution in [2.24, 2.45) is 0 Å². The minimum Gasteiger partial charge on any atom is -0.462 e. The van der Waals surface area contributed by atoms with Gasteiger partial charge in [-0.2, -0.15) is 0 Å². The van der Waals surface area contributed by atoms with Crippen LogP contribution < -0.4 is 9.47 Å². The number of pyridine rings is 1. The third kappa shape index (κ3) is 29.0. The molecule has 1 aromatic rings. The fourth-order valence-corrected chi connectivity index (χ4v) is 7.52. The molecule has 0 aliphatic carbocycles. The van der Waals surface area contributed by atoms with Gasteiger partial charge in [0, 0.05) is 18.9 Å². The van der Waals surface area contributed by atoms with E-state index in [1.165, 1.54) is 51.4 Å². The quantitative estimate of drug-likeness (QED) is 0.0228. The standard InChI is InChI=1S/C48H79N2O8P/c1-3-5-7-9-11-13-15-17-19-21-23-25-27-29-31-36-47(51)55-43-45(44-57-59(53,54)56-42-41-50-40-39-49-38-34-33-35-46(49)50)58-48(52)37-32-30-28-26-24-22-20-18-16-14-12-10-8-6-4-2/h11-14,17-20,33-35,38,45H,3-10,15-16,21-32,36-37,39-44H2,1-2H3/p+1/b13-11-,14-12-,19-17-,20-18-. The minimum atomic E-state index is -4.46. The first kappa shape index (κ1) is 52.1. The summed E-state index contributed by atoms with van der Waals surface area (Å²) in [5, 5.41) is 0. The van der Waals surface area contributed by atoms with Crippen LogP contribution in [0, 0.1) is 0 Å². The topological polar surface area (TPSA) is 115 Å². The molecule has 0 fully saturated rings. The van der Waals surface area contributed by atoms with Crippen LogP contribution in [0.5, 0.6) is 0 Å². The van der Waals surface area contributed by atoms with Crippen molar-refractivity contribution in [1.29, 1.82) is 0 Å². The van der Waals surface area contributed by atoms with E-state index in [9.17, 15) is 19.0 Å². The number of hydrogen-bond donors (Lipinski definition) is 1. The molecule has 0 saturated heterocycles. The van der Waals surface area contributed by atoms with E-state index in [-0.39, 0.29) is 26.1 Å². The van der Waals surface area contributed by atoms with Crippen LogP contribution in [0.4, 0.5) is 5.82 Å². The zero-order valence-corrected chi connectivity index (χ0v) is 37.8. The number of rotatable bonds is 38. The summed E-state index contributed by atoms with van der Waals surface area (Å²) >= 11 is 0. The molecule has 0 radical (unpaired) electrons. The highest BCUT2D eigenvalue weighted by atomic mass is 31.2. The van der Waals surface area contributed by atoms with E-state index in [0.29, 0.717) is 19.4 Å². The Hall–Kier alpha value is -3.04. The molecule has 0 bridgehead atoms. The number of carbonyl (C=O) groups excluding carboxylic acids is 2. The molecule has 2 rings (SSSR count). The lowest BCUT2D eigenvalue weighted by Gasteiger charge is -2.20. The number of esters is 2. The van der Waals surface area contributed by atoms with E-state index in [2.05, 4.69) is 71.9 Å². The molecule has 10 nitrogen and oxygen atoms in total. The molecule has 334 valence electrons. The minimum absolute atomic E-state index is 0.0253. The van der Waals surface area contributed by atoms with Crippen molar-refractivity contribution >= 4 is 25.6 Å². The average Bonchev–Trinajstić information content (AvgIpc) is 3.64. The maximum Gasteiger partial charge on any atom is 0.472 e. The van der Waals surface area contributed by atoms with Crippen molar-refractivity contribution in [2.45, 2.75) is 181 Å². The average molecular weight is 844 g/mol. The lowest BCUT2D eigenvalue weighted by Crippen LogP contribution is -2.31. The normalized spacial score (nSPS) is 14.5. The van der Waals surface area contributed by atoms with Crippen LogP contribution in [-0.2, 0) is 39.2 Å². The van der Waals surface area contributed by atoms with Crippen LogP contribution >= 0.6 is 7.82 Å². The largest absolute Gasteiger partial charge is 0.472 e. The van der Waals surface area contributed by atoms with Crippen molar-refractivity contribution in [3.8, 4) is 0 Å². The third-order valence-electron chi connectivity index (χ3n) is 10.3. The Morgan fingerprint density at radius 2 is 1.22 bits per heavy atom. The number of carbonyl (C=O) groups is 2. The van der Waals surface area contributed by atoms with Gasteiger partial charge in [-0.15, -0.1) is 0 Å². The van der Waals surface area contributed by atoms with Gasteiger partial charge in [-0.3, -0.25) is 23.5 Å². The molecule has 11 heteroatoms. The molecule has 1 N–H and O–H groups in total. The Balaban J connectivity index is 1.68. The molecule has 2 heterocycles. The van der Waals surface area contributed by atoms with Crippen LogP contribution in [0.3, 0.4) is 0 Å². The lowest BCUT2D eigenvalue weighted by atomic mass is 10.1. The SMILES string of the molecule is CCCCC/C=C\C/C=C\CCCCCCCC(=O)OCC(COP(=O)(O)OCCN1CC[n+]2ccccc21)OC(=O)CCCCCCC/C=C\C/C=C\CCCCC. The molecule has 2 atom stereocenters. The zero-order chi connectivity index (χ0) is 42.5. The van der Waals surface area contributed by atoms with Crippen molar-refractivity contribution in [2.75, 3.05) is 37.8 Å². The fraction of sp³-hybridized carbons (Fsp3) is 0.688. The molecule has 1 aliphatic rings. The van der Waals surface area contributed by atoms with Gasteiger partial charge in [-0.05, 0) is 83.1 Å². The van der Waals surface area contributed by atoms with Crippen molar-refractivity contribution in [3.05, 3.63) is 73.0 Å². The summed E-state index contributed by atoms with van der Waals surface area (Å²) in [6.07, 6.45) is 43.4. The maximum atomic E-state index is 12.8. The number of unbranched alkanes of at least 4 members (excludes halogenated alkanes) is 16. The first-order valence-corrected chi connectivity index (χ1v) is 24.6. The van der Waals surface area contributed by atoms with E-state index in [1.807, 2.05) is 24.4 Å². The Morgan fingerprint density at radius 3 is 1.80 bits per heavy atom. The van der Waals surface area contributed by atoms with Crippen molar-refractivity contribution in [1.82, 2.24) is 0 Å². The number of fused-ring (bicyclic) bond motifs is 1. The summed E-state index contributed by atoms with van der Waals surface area (Å²) in [5.41, 5.74) is 0. The number of aromatic nitrogens is 1. The number of anilines is 1. The van der Waals surface area contributed by atoms with Crippen LogP contribution in [-0.4, -0.2) is 55.8 Å². The van der Waals surface area contributed by atoms with Crippen molar-refractivity contribution < 1.29 is 42.1 Å². The second-order valence-corrected chi connectivity index (χ2v) is 17.0. The smallest absolute Gasteiger partial charge is 0.462 e. The van der Waals surface area contributed by atoms with Gasteiger partial charge in [-0.1, -0.05) is 133 Å². The first-order valence-electron chi connectivity index (χ1n) is 23.1. The molecule has 0 aromatic carbocycles. The van der Waals surface area contributed by atoms with E-state index < -0.39 is 32.5 Å². The van der Waals surface area contributed by atoms with E-state index in [0.717, 1.165) is 96.0 Å². The molecule has 0 amide bonds. The molecule has 0 spiro atoms. The molecular formula is C48H80N2O8P+. The van der Waals surface area contributed by atoms with E-state index in [4.69, 9.17) is 18.5 Å². The summed E-state index contributed by atoms with van der Waals surface area (Å²) in [7, 11) is -4.46. The van der Waals surface area contributed by atoms with Crippen LogP contribution in [0.25, 0.3) is 0 Å². The van der Waals surface area contributed by atoms with Crippen LogP contribution in [0.1, 0.15) is 168 Å². The summed E-state index contributed by atoms with van der Waals surface area (Å²) < 4.78 is 36.5. The summed E-state index contributed by atoms with van der Waals surface area (Å²) in [4.78, 5) is 37.9. The number of phosphoric acid groups is 1. The first-order chi connectivity index (χ1) is 28.8. The second-order valence-electron chi connectivity index (χ2n) is 15.6. The zero-order valence-electron chi connectivity index (χ0n) is 36.9. The second kappa shape index (κ2) is 35.7. The molecule has 59 heavy (non-hydrogen) atoms. The van der Waals surface area contributed by atoms with Crippen molar-refractivity contribution in [3.63, 3.8) is 0 Å². The van der Waals surface area contributed by atoms with Gasteiger partial charge in [0.15, 0.2) is 6.10 Å². The molecule has 2 unspecified atom stereocenters. The van der Waals surface area contributed by atoms with Gasteiger partial charge in [0.05, 0.1) is 19.4 Å². The van der Waals surface area contributed by atoms with Crippen LogP contribution in [0.2, 0.25) is 0 Å². The summed E-state index contributed by atoms with van der Waals surface area (Å²) in [6.45, 7) is 5.76. The molecule has 0 saturated carbocycles. The Morgan fingerprint density at radius 1 is 0.695 bits per heavy atom. The van der Waals surface area contributed by atoms with Gasteiger partial charge >= 0.3 is 19.8 Å². The number of phosphoric ester groups is 1. The highest BCUT2D eigenvalue weighted by molar-refractivity contribution is 7.47. The Kier molecular flexibility index (Phi) is 31.5. The number of ether oxygens (including phenoxy) is 2. The van der Waals surface area contributed by atoms with Gasteiger partial charge in [0.25, 0.3) is 5.82 Å². The monoisotopic (exact) mass is 844 g/mol. The van der Waals surface area contributed by atoms with Gasteiger partial charge in [0.2, 0.25) is 0 Å². The van der Waals surface area contributed by atoms with Crippen LogP contribution in [0.15, 0.2) is 73.0 Å². The third-order valence-corrected chi connectivity index (χ3v) is 11.3. The number of nitrogens with zero attached hydrogens (tertiary/aromatic N) is 2. The lowest BCUT2D eigenvalue weighted by molar-refractivity contribution is -0.670. The van der Waals surface area contributed by atoms with E-state index >= 15 is 0 Å². The fourth-order valence-electron chi connectivity index (χ4n) is 6.77. The summed E-state index contributed by atoms with van der Waals surface area (Å²) in [6, 6.07) is 5.91. The predicted octanol–water partition coefficient (Wildman–Crippen LogP) is 12.0.